The third kappa shape index (κ3) is 4.06. The minimum Gasteiger partial charge on any atom is -0.465 e. The number of hydrogen-bond acceptors (Lipinski definition) is 7. The van der Waals surface area contributed by atoms with Crippen molar-refractivity contribution in [2.75, 3.05) is 32.2 Å². The number of carbonyl (C=O) groups excluding carboxylic acids is 1. The molecule has 0 amide bonds. The van der Waals surface area contributed by atoms with Crippen LogP contribution in [0.5, 0.6) is 0 Å². The molecule has 0 radical (unpaired) electrons. The van der Waals surface area contributed by atoms with E-state index in [0.717, 1.165) is 18.4 Å². The summed E-state index contributed by atoms with van der Waals surface area (Å²) in [5.74, 6) is -0.531. The molecule has 1 N–H and O–H groups in total. The highest BCUT2D eigenvalue weighted by Crippen LogP contribution is 2.35. The lowest BCUT2D eigenvalue weighted by molar-refractivity contribution is -0.384. The van der Waals surface area contributed by atoms with Gasteiger partial charge in [0.2, 0.25) is 5.82 Å². The average Bonchev–Trinajstić information content (AvgIpc) is 2.72. The largest absolute Gasteiger partial charge is 0.465 e. The van der Waals surface area contributed by atoms with E-state index in [-0.39, 0.29) is 22.5 Å². The van der Waals surface area contributed by atoms with E-state index in [1.807, 2.05) is 18.2 Å². The van der Waals surface area contributed by atoms with E-state index in [1.54, 1.807) is 0 Å². The second-order valence-corrected chi connectivity index (χ2v) is 6.45. The van der Waals surface area contributed by atoms with Crippen LogP contribution in [0.4, 0.5) is 11.5 Å². The number of nitrogens with zero attached hydrogens (tertiary/aromatic N) is 2. The highest BCUT2D eigenvalue weighted by Gasteiger charge is 2.35. The zero-order valence-electron chi connectivity index (χ0n) is 15.0. The normalized spacial score (nSPS) is 15.7. The number of benzene rings is 1. The number of nitro groups is 1. The molecule has 0 atom stereocenters. The van der Waals surface area contributed by atoms with E-state index < -0.39 is 10.9 Å². The van der Waals surface area contributed by atoms with Gasteiger partial charge in [-0.15, -0.1) is 0 Å². The Labute approximate surface area is 156 Å². The van der Waals surface area contributed by atoms with Gasteiger partial charge in [-0.2, -0.15) is 0 Å². The Kier molecular flexibility index (Phi) is 5.66. The van der Waals surface area contributed by atoms with Crippen LogP contribution in [0.25, 0.3) is 0 Å². The molecule has 1 fully saturated rings. The molecule has 0 spiro atoms. The average molecular weight is 371 g/mol. The predicted octanol–water partition coefficient (Wildman–Crippen LogP) is 2.94. The van der Waals surface area contributed by atoms with Gasteiger partial charge in [-0.1, -0.05) is 30.3 Å². The molecule has 1 aliphatic rings. The quantitative estimate of drug-likeness (QED) is 0.473. The second-order valence-electron chi connectivity index (χ2n) is 6.45. The van der Waals surface area contributed by atoms with Crippen molar-refractivity contribution in [2.45, 2.75) is 18.3 Å². The molecule has 0 aliphatic carbocycles. The second kappa shape index (κ2) is 8.13. The number of esters is 1. The summed E-state index contributed by atoms with van der Waals surface area (Å²) in [7, 11) is 1.22. The van der Waals surface area contributed by atoms with Gasteiger partial charge in [-0.05, 0) is 18.4 Å². The molecule has 1 saturated heterocycles. The van der Waals surface area contributed by atoms with E-state index in [4.69, 9.17) is 4.74 Å². The molecule has 0 bridgehead atoms. The van der Waals surface area contributed by atoms with Gasteiger partial charge in [-0.3, -0.25) is 10.1 Å². The van der Waals surface area contributed by atoms with E-state index in [1.165, 1.54) is 19.4 Å². The predicted molar refractivity (Wildman–Crippen MR) is 98.9 cm³/mol. The lowest BCUT2D eigenvalue weighted by atomic mass is 9.74. The van der Waals surface area contributed by atoms with Crippen LogP contribution in [0.1, 0.15) is 28.8 Å². The summed E-state index contributed by atoms with van der Waals surface area (Å²) < 4.78 is 10.1. The summed E-state index contributed by atoms with van der Waals surface area (Å²) in [4.78, 5) is 26.6. The number of methoxy groups -OCH3 is 1. The van der Waals surface area contributed by atoms with Crippen molar-refractivity contribution in [1.82, 2.24) is 4.98 Å². The number of ether oxygens (including phenoxy) is 2. The Hall–Kier alpha value is -3.00. The Bertz CT molecular complexity index is 819. The monoisotopic (exact) mass is 371 g/mol. The summed E-state index contributed by atoms with van der Waals surface area (Å²) in [6.45, 7) is 1.74. The summed E-state index contributed by atoms with van der Waals surface area (Å²) in [5, 5.41) is 14.6. The molecular formula is C19H21N3O5. The third-order valence-electron chi connectivity index (χ3n) is 4.92. The summed E-state index contributed by atoms with van der Waals surface area (Å²) in [6, 6.07) is 11.2. The van der Waals surface area contributed by atoms with E-state index >= 15 is 0 Å². The van der Waals surface area contributed by atoms with Crippen molar-refractivity contribution in [3.8, 4) is 0 Å². The number of carbonyl (C=O) groups is 1. The minimum atomic E-state index is -0.665. The number of rotatable bonds is 6. The van der Waals surface area contributed by atoms with Gasteiger partial charge in [-0.25, -0.2) is 9.78 Å². The number of aromatic nitrogens is 1. The summed E-state index contributed by atoms with van der Waals surface area (Å²) in [5.41, 5.74) is 0.747. The molecule has 8 heteroatoms. The minimum absolute atomic E-state index is 0.0404. The zero-order valence-corrected chi connectivity index (χ0v) is 15.0. The smallest absolute Gasteiger partial charge is 0.339 e. The number of pyridine rings is 1. The standard InChI is InChI=1S/C19H21N3O5/c1-26-18(23)14-11-16(22(24)25)17(20-12-14)21-13-19(7-9-27-10-8-19)15-5-3-2-4-6-15/h2-6,11-12H,7-10,13H2,1H3,(H,20,21). The molecule has 2 aromatic rings. The van der Waals surface area contributed by atoms with Crippen molar-refractivity contribution in [2.24, 2.45) is 0 Å². The van der Waals surface area contributed by atoms with Crippen LogP contribution in [0.3, 0.4) is 0 Å². The fraction of sp³-hybridized carbons (Fsp3) is 0.368. The first-order valence-electron chi connectivity index (χ1n) is 8.66. The summed E-state index contributed by atoms with van der Waals surface area (Å²) in [6.07, 6.45) is 2.89. The third-order valence-corrected chi connectivity index (χ3v) is 4.92. The van der Waals surface area contributed by atoms with Gasteiger partial charge in [0.1, 0.15) is 0 Å². The van der Waals surface area contributed by atoms with Crippen molar-refractivity contribution >= 4 is 17.5 Å². The van der Waals surface area contributed by atoms with Crippen LogP contribution in [0.2, 0.25) is 0 Å². The molecule has 27 heavy (non-hydrogen) atoms. The molecule has 2 heterocycles. The van der Waals surface area contributed by atoms with Gasteiger partial charge < -0.3 is 14.8 Å². The SMILES string of the molecule is COC(=O)c1cnc(NCC2(c3ccccc3)CCOCC2)c([N+](=O)[O-])c1. The fourth-order valence-corrected chi connectivity index (χ4v) is 3.33. The summed E-state index contributed by atoms with van der Waals surface area (Å²) >= 11 is 0. The Morgan fingerprint density at radius 1 is 1.33 bits per heavy atom. The Balaban J connectivity index is 1.87. The maximum atomic E-state index is 11.6. The van der Waals surface area contributed by atoms with Crippen LogP contribution in [0.15, 0.2) is 42.6 Å². The molecule has 0 saturated carbocycles. The first-order chi connectivity index (χ1) is 13.1. The van der Waals surface area contributed by atoms with Crippen LogP contribution in [-0.2, 0) is 14.9 Å². The van der Waals surface area contributed by atoms with E-state index in [9.17, 15) is 14.9 Å². The number of anilines is 1. The van der Waals surface area contributed by atoms with Crippen molar-refractivity contribution in [3.05, 3.63) is 63.8 Å². The number of nitrogens with one attached hydrogen (secondary N) is 1. The first-order valence-corrected chi connectivity index (χ1v) is 8.66. The first kappa shape index (κ1) is 18.8. The Morgan fingerprint density at radius 3 is 2.67 bits per heavy atom. The molecule has 1 aromatic carbocycles. The van der Waals surface area contributed by atoms with E-state index in [0.29, 0.717) is 19.8 Å². The highest BCUT2D eigenvalue weighted by atomic mass is 16.6. The van der Waals surface area contributed by atoms with Gasteiger partial charge >= 0.3 is 11.7 Å². The maximum absolute atomic E-state index is 11.6. The van der Waals surface area contributed by atoms with Gasteiger partial charge in [0.15, 0.2) is 0 Å². The lowest BCUT2D eigenvalue weighted by Crippen LogP contribution is -2.40. The van der Waals surface area contributed by atoms with Gasteiger partial charge in [0, 0.05) is 37.4 Å². The van der Waals surface area contributed by atoms with Crippen molar-refractivity contribution in [3.63, 3.8) is 0 Å². The molecule has 0 unspecified atom stereocenters. The van der Waals surface area contributed by atoms with Gasteiger partial charge in [0.25, 0.3) is 0 Å². The molecule has 142 valence electrons. The zero-order chi connectivity index (χ0) is 19.3. The molecule has 1 aliphatic heterocycles. The topological polar surface area (TPSA) is 104 Å². The Morgan fingerprint density at radius 2 is 2.04 bits per heavy atom. The molecule has 8 nitrogen and oxygen atoms in total. The number of hydrogen-bond donors (Lipinski definition) is 1. The fourth-order valence-electron chi connectivity index (χ4n) is 3.33. The molecule has 3 rings (SSSR count). The van der Waals surface area contributed by atoms with Crippen LogP contribution in [-0.4, -0.2) is 42.7 Å². The lowest BCUT2D eigenvalue weighted by Gasteiger charge is -2.38. The highest BCUT2D eigenvalue weighted by molar-refractivity contribution is 5.90. The van der Waals surface area contributed by atoms with Crippen LogP contribution in [0, 0.1) is 10.1 Å². The van der Waals surface area contributed by atoms with Crippen LogP contribution >= 0.6 is 0 Å². The molecular weight excluding hydrogens is 350 g/mol. The van der Waals surface area contributed by atoms with Crippen molar-refractivity contribution in [1.29, 1.82) is 0 Å². The van der Waals surface area contributed by atoms with Crippen molar-refractivity contribution < 1.29 is 19.2 Å². The maximum Gasteiger partial charge on any atom is 0.339 e. The van der Waals surface area contributed by atoms with Gasteiger partial charge in [0.05, 0.1) is 17.6 Å². The van der Waals surface area contributed by atoms with Crippen LogP contribution < -0.4 is 5.32 Å². The molecule has 1 aromatic heterocycles. The van der Waals surface area contributed by atoms with E-state index in [2.05, 4.69) is 27.2 Å².